The number of aromatic nitrogens is 1. The van der Waals surface area contributed by atoms with Gasteiger partial charge in [-0.05, 0) is 24.6 Å². The molecule has 17 heavy (non-hydrogen) atoms. The predicted molar refractivity (Wildman–Crippen MR) is 67.5 cm³/mol. The van der Waals surface area contributed by atoms with Gasteiger partial charge in [0.05, 0.1) is 6.61 Å². The lowest BCUT2D eigenvalue weighted by atomic mass is 10.1. The second kappa shape index (κ2) is 5.43. The number of pyridine rings is 1. The smallest absolute Gasteiger partial charge is 0.150 e. The van der Waals surface area contributed by atoms with Crippen LogP contribution in [0.25, 0.3) is 10.9 Å². The summed E-state index contributed by atoms with van der Waals surface area (Å²) < 4.78 is 5.68. The molecular weight excluding hydrogens is 214 g/mol. The summed E-state index contributed by atoms with van der Waals surface area (Å²) >= 11 is 0. The minimum absolute atomic E-state index is 0.649. The van der Waals surface area contributed by atoms with E-state index in [1.807, 2.05) is 18.2 Å². The predicted octanol–water partition coefficient (Wildman–Crippen LogP) is 3.23. The highest BCUT2D eigenvalue weighted by atomic mass is 16.5. The van der Waals surface area contributed by atoms with Crippen molar-refractivity contribution in [2.75, 3.05) is 6.61 Å². The maximum Gasteiger partial charge on any atom is 0.150 e. The van der Waals surface area contributed by atoms with Crippen LogP contribution in [0.3, 0.4) is 0 Å². The van der Waals surface area contributed by atoms with E-state index < -0.39 is 0 Å². The highest BCUT2D eigenvalue weighted by molar-refractivity contribution is 5.98. The lowest BCUT2D eigenvalue weighted by Crippen LogP contribution is -1.98. The van der Waals surface area contributed by atoms with Crippen molar-refractivity contribution in [1.29, 1.82) is 0 Å². The summed E-state index contributed by atoms with van der Waals surface area (Å²) in [6, 6.07) is 7.30. The van der Waals surface area contributed by atoms with Gasteiger partial charge in [0, 0.05) is 17.1 Å². The monoisotopic (exact) mass is 229 g/mol. The first kappa shape index (κ1) is 11.6. The molecule has 0 saturated heterocycles. The SMILES string of the molecule is CCCCOc1ccc(C=O)c2cccnc12. The van der Waals surface area contributed by atoms with Crippen molar-refractivity contribution >= 4 is 17.2 Å². The van der Waals surface area contributed by atoms with E-state index >= 15 is 0 Å². The molecule has 0 aliphatic rings. The van der Waals surface area contributed by atoms with E-state index in [2.05, 4.69) is 11.9 Å². The summed E-state index contributed by atoms with van der Waals surface area (Å²) in [5.74, 6) is 0.750. The van der Waals surface area contributed by atoms with Crippen molar-refractivity contribution < 1.29 is 9.53 Å². The molecule has 2 aromatic rings. The summed E-state index contributed by atoms with van der Waals surface area (Å²) in [6.45, 7) is 2.80. The Hall–Kier alpha value is -1.90. The zero-order chi connectivity index (χ0) is 12.1. The van der Waals surface area contributed by atoms with Crippen LogP contribution in [0.1, 0.15) is 30.1 Å². The Labute approximate surface area is 100 Å². The summed E-state index contributed by atoms with van der Waals surface area (Å²) in [4.78, 5) is 15.2. The average Bonchev–Trinajstić information content (AvgIpc) is 2.39. The minimum atomic E-state index is 0.649. The van der Waals surface area contributed by atoms with Crippen molar-refractivity contribution in [3.05, 3.63) is 36.0 Å². The minimum Gasteiger partial charge on any atom is -0.491 e. The Morgan fingerprint density at radius 3 is 3.00 bits per heavy atom. The third-order valence-electron chi connectivity index (χ3n) is 2.65. The number of carbonyl (C=O) groups is 1. The van der Waals surface area contributed by atoms with Gasteiger partial charge in [0.1, 0.15) is 11.3 Å². The molecule has 0 spiro atoms. The molecular formula is C14H15NO2. The molecule has 0 amide bonds. The van der Waals surface area contributed by atoms with Crippen LogP contribution in [0.5, 0.6) is 5.75 Å². The van der Waals surface area contributed by atoms with Crippen LogP contribution < -0.4 is 4.74 Å². The first-order chi connectivity index (χ1) is 8.36. The number of fused-ring (bicyclic) bond motifs is 1. The third kappa shape index (κ3) is 2.44. The quantitative estimate of drug-likeness (QED) is 0.583. The molecule has 3 nitrogen and oxygen atoms in total. The molecule has 0 aliphatic carbocycles. The van der Waals surface area contributed by atoms with E-state index in [1.165, 1.54) is 0 Å². The van der Waals surface area contributed by atoms with E-state index in [1.54, 1.807) is 12.3 Å². The molecule has 0 N–H and O–H groups in total. The molecule has 0 fully saturated rings. The van der Waals surface area contributed by atoms with E-state index in [-0.39, 0.29) is 0 Å². The molecule has 3 heteroatoms. The standard InChI is InChI=1S/C14H15NO2/c1-2-3-9-17-13-7-6-11(10-16)12-5-4-8-15-14(12)13/h4-8,10H,2-3,9H2,1H3. The third-order valence-corrected chi connectivity index (χ3v) is 2.65. The van der Waals surface area contributed by atoms with Crippen LogP contribution in [0.2, 0.25) is 0 Å². The highest BCUT2D eigenvalue weighted by Crippen LogP contribution is 2.25. The Kier molecular flexibility index (Phi) is 3.70. The molecule has 0 aliphatic heterocycles. The van der Waals surface area contributed by atoms with Crippen molar-refractivity contribution in [2.24, 2.45) is 0 Å². The number of benzene rings is 1. The van der Waals surface area contributed by atoms with Gasteiger partial charge in [0.2, 0.25) is 0 Å². The van der Waals surface area contributed by atoms with Crippen molar-refractivity contribution in [2.45, 2.75) is 19.8 Å². The molecule has 1 aromatic heterocycles. The van der Waals surface area contributed by atoms with Crippen LogP contribution in [0.15, 0.2) is 30.5 Å². The average molecular weight is 229 g/mol. The number of nitrogens with zero attached hydrogens (tertiary/aromatic N) is 1. The normalized spacial score (nSPS) is 10.4. The molecule has 0 atom stereocenters. The fraction of sp³-hybridized carbons (Fsp3) is 0.286. The second-order valence-corrected chi connectivity index (χ2v) is 3.87. The number of hydrogen-bond donors (Lipinski definition) is 0. The molecule has 2 rings (SSSR count). The van der Waals surface area contributed by atoms with Gasteiger partial charge < -0.3 is 4.74 Å². The second-order valence-electron chi connectivity index (χ2n) is 3.87. The van der Waals surface area contributed by atoms with Crippen LogP contribution in [0.4, 0.5) is 0 Å². The van der Waals surface area contributed by atoms with Gasteiger partial charge in [-0.15, -0.1) is 0 Å². The lowest BCUT2D eigenvalue weighted by Gasteiger charge is -2.09. The molecule has 0 unspecified atom stereocenters. The topological polar surface area (TPSA) is 39.2 Å². The first-order valence-electron chi connectivity index (χ1n) is 5.82. The van der Waals surface area contributed by atoms with Gasteiger partial charge in [-0.1, -0.05) is 19.4 Å². The lowest BCUT2D eigenvalue weighted by molar-refractivity contribution is 0.112. The van der Waals surface area contributed by atoms with Crippen molar-refractivity contribution in [3.63, 3.8) is 0 Å². The summed E-state index contributed by atoms with van der Waals surface area (Å²) in [7, 11) is 0. The van der Waals surface area contributed by atoms with Crippen molar-refractivity contribution in [1.82, 2.24) is 4.98 Å². The molecule has 0 saturated carbocycles. The Bertz CT molecular complexity index is 523. The maximum absolute atomic E-state index is 10.9. The molecule has 0 radical (unpaired) electrons. The largest absolute Gasteiger partial charge is 0.491 e. The van der Waals surface area contributed by atoms with E-state index in [9.17, 15) is 4.79 Å². The van der Waals surface area contributed by atoms with Gasteiger partial charge in [-0.2, -0.15) is 0 Å². The number of unbranched alkanes of at least 4 members (excludes halogenated alkanes) is 1. The van der Waals surface area contributed by atoms with E-state index in [0.717, 1.165) is 35.8 Å². The Balaban J connectivity index is 2.40. The van der Waals surface area contributed by atoms with Gasteiger partial charge in [0.25, 0.3) is 0 Å². The summed E-state index contributed by atoms with van der Waals surface area (Å²) in [5.41, 5.74) is 1.41. The van der Waals surface area contributed by atoms with E-state index in [4.69, 9.17) is 4.74 Å². The van der Waals surface area contributed by atoms with Crippen LogP contribution >= 0.6 is 0 Å². The van der Waals surface area contributed by atoms with Crippen LogP contribution in [0, 0.1) is 0 Å². The molecule has 0 bridgehead atoms. The number of carbonyl (C=O) groups excluding carboxylic acids is 1. The molecule has 88 valence electrons. The Morgan fingerprint density at radius 1 is 1.35 bits per heavy atom. The summed E-state index contributed by atoms with van der Waals surface area (Å²) in [5, 5.41) is 0.844. The fourth-order valence-electron chi connectivity index (χ4n) is 1.71. The van der Waals surface area contributed by atoms with Crippen molar-refractivity contribution in [3.8, 4) is 5.75 Å². The zero-order valence-electron chi connectivity index (χ0n) is 9.85. The number of rotatable bonds is 5. The maximum atomic E-state index is 10.9. The molecule has 1 aromatic carbocycles. The van der Waals surface area contributed by atoms with Crippen LogP contribution in [-0.2, 0) is 0 Å². The van der Waals surface area contributed by atoms with Gasteiger partial charge >= 0.3 is 0 Å². The Morgan fingerprint density at radius 2 is 2.24 bits per heavy atom. The fourth-order valence-corrected chi connectivity index (χ4v) is 1.71. The van der Waals surface area contributed by atoms with Crippen LogP contribution in [-0.4, -0.2) is 17.9 Å². The highest BCUT2D eigenvalue weighted by Gasteiger charge is 2.06. The first-order valence-corrected chi connectivity index (χ1v) is 5.82. The zero-order valence-corrected chi connectivity index (χ0v) is 9.85. The molecule has 1 heterocycles. The summed E-state index contributed by atoms with van der Waals surface area (Å²) in [6.07, 6.45) is 4.67. The van der Waals surface area contributed by atoms with E-state index in [0.29, 0.717) is 12.2 Å². The van der Waals surface area contributed by atoms with Gasteiger partial charge in [-0.3, -0.25) is 9.78 Å². The number of ether oxygens (including phenoxy) is 1. The number of aldehydes is 1. The van der Waals surface area contributed by atoms with Gasteiger partial charge in [-0.25, -0.2) is 0 Å². The van der Waals surface area contributed by atoms with Gasteiger partial charge in [0.15, 0.2) is 6.29 Å². The number of hydrogen-bond acceptors (Lipinski definition) is 3.